The van der Waals surface area contributed by atoms with Crippen LogP contribution in [0.15, 0.2) is 0 Å². The molecule has 15 heavy (non-hydrogen) atoms. The lowest BCUT2D eigenvalue weighted by Crippen LogP contribution is -2.38. The summed E-state index contributed by atoms with van der Waals surface area (Å²) in [7, 11) is 0. The minimum Gasteiger partial charge on any atom is -0.343 e. The van der Waals surface area contributed by atoms with Crippen molar-refractivity contribution in [2.75, 3.05) is 13.1 Å². The van der Waals surface area contributed by atoms with E-state index >= 15 is 0 Å². The molecule has 0 aromatic rings. The minimum atomic E-state index is 0.286. The molecule has 1 heterocycles. The zero-order valence-corrected chi connectivity index (χ0v) is 10.4. The second-order valence-corrected chi connectivity index (χ2v) is 4.98. The van der Waals surface area contributed by atoms with Crippen LogP contribution in [0.5, 0.6) is 0 Å². The van der Waals surface area contributed by atoms with E-state index in [-0.39, 0.29) is 5.38 Å². The third-order valence-electron chi connectivity index (χ3n) is 3.02. The molecule has 1 saturated heterocycles. The van der Waals surface area contributed by atoms with Gasteiger partial charge in [-0.25, -0.2) is 0 Å². The first-order valence-corrected chi connectivity index (χ1v) is 6.59. The molecule has 3 heteroatoms. The van der Waals surface area contributed by atoms with E-state index in [2.05, 4.69) is 6.92 Å². The van der Waals surface area contributed by atoms with Crippen LogP contribution in [0.1, 0.15) is 51.9 Å². The molecule has 0 bridgehead atoms. The van der Waals surface area contributed by atoms with Crippen molar-refractivity contribution >= 4 is 17.5 Å². The zero-order chi connectivity index (χ0) is 11.1. The molecule has 0 unspecified atom stereocenters. The van der Waals surface area contributed by atoms with Gasteiger partial charge in [-0.05, 0) is 19.3 Å². The second-order valence-electron chi connectivity index (χ2n) is 4.37. The van der Waals surface area contributed by atoms with Gasteiger partial charge in [0, 0.05) is 24.9 Å². The number of likely N-dealkylation sites (tertiary alicyclic amines) is 1. The van der Waals surface area contributed by atoms with Gasteiger partial charge in [-0.2, -0.15) is 0 Å². The van der Waals surface area contributed by atoms with Gasteiger partial charge in [0.2, 0.25) is 5.91 Å². The van der Waals surface area contributed by atoms with Crippen LogP contribution in [0.25, 0.3) is 0 Å². The highest BCUT2D eigenvalue weighted by Gasteiger charge is 2.20. The van der Waals surface area contributed by atoms with Crippen molar-refractivity contribution < 1.29 is 4.79 Å². The summed E-state index contributed by atoms with van der Waals surface area (Å²) >= 11 is 5.99. The highest BCUT2D eigenvalue weighted by Crippen LogP contribution is 2.16. The number of hydrogen-bond donors (Lipinski definition) is 0. The number of carbonyl (C=O) groups is 1. The van der Waals surface area contributed by atoms with E-state index in [9.17, 15) is 4.79 Å². The molecule has 0 aromatic heterocycles. The van der Waals surface area contributed by atoms with Gasteiger partial charge in [0.25, 0.3) is 0 Å². The monoisotopic (exact) mass is 231 g/mol. The molecule has 0 aromatic carbocycles. The summed E-state index contributed by atoms with van der Waals surface area (Å²) < 4.78 is 0. The lowest BCUT2D eigenvalue weighted by atomic mass is 10.1. The number of piperidine rings is 1. The van der Waals surface area contributed by atoms with E-state index in [0.29, 0.717) is 5.91 Å². The molecule has 1 fully saturated rings. The summed E-state index contributed by atoms with van der Waals surface area (Å²) in [5.41, 5.74) is 0. The van der Waals surface area contributed by atoms with Gasteiger partial charge in [-0.1, -0.05) is 26.2 Å². The van der Waals surface area contributed by atoms with E-state index in [4.69, 9.17) is 11.6 Å². The Balaban J connectivity index is 2.11. The molecule has 2 nitrogen and oxygen atoms in total. The van der Waals surface area contributed by atoms with Gasteiger partial charge in [0.15, 0.2) is 0 Å². The summed E-state index contributed by atoms with van der Waals surface area (Å²) in [5, 5.41) is 0.286. The molecule has 88 valence electrons. The van der Waals surface area contributed by atoms with Crippen LogP contribution in [0.3, 0.4) is 0 Å². The van der Waals surface area contributed by atoms with Crippen LogP contribution >= 0.6 is 11.6 Å². The lowest BCUT2D eigenvalue weighted by Gasteiger charge is -2.29. The SMILES string of the molecule is CCCCCCC(=O)N1CCC(Cl)CC1. The Morgan fingerprint density at radius 1 is 1.27 bits per heavy atom. The number of unbranched alkanes of at least 4 members (excludes halogenated alkanes) is 3. The number of alkyl halides is 1. The smallest absolute Gasteiger partial charge is 0.222 e. The highest BCUT2D eigenvalue weighted by atomic mass is 35.5. The predicted molar refractivity (Wildman–Crippen MR) is 64.2 cm³/mol. The van der Waals surface area contributed by atoms with Crippen molar-refractivity contribution in [3.8, 4) is 0 Å². The van der Waals surface area contributed by atoms with Crippen LogP contribution in [0.4, 0.5) is 0 Å². The number of rotatable bonds is 5. The Kier molecular flexibility index (Phi) is 6.07. The van der Waals surface area contributed by atoms with E-state index in [0.717, 1.165) is 38.8 Å². The van der Waals surface area contributed by atoms with Gasteiger partial charge in [0.05, 0.1) is 0 Å². The number of halogens is 1. The minimum absolute atomic E-state index is 0.286. The van der Waals surface area contributed by atoms with Crippen molar-refractivity contribution in [1.29, 1.82) is 0 Å². The Bertz CT molecular complexity index is 188. The number of amides is 1. The van der Waals surface area contributed by atoms with E-state index in [1.165, 1.54) is 19.3 Å². The highest BCUT2D eigenvalue weighted by molar-refractivity contribution is 6.20. The predicted octanol–water partition coefficient (Wildman–Crippen LogP) is 3.19. The third-order valence-corrected chi connectivity index (χ3v) is 3.46. The average molecular weight is 232 g/mol. The molecule has 0 radical (unpaired) electrons. The summed E-state index contributed by atoms with van der Waals surface area (Å²) in [6.45, 7) is 3.91. The molecule has 0 N–H and O–H groups in total. The van der Waals surface area contributed by atoms with Crippen LogP contribution in [0, 0.1) is 0 Å². The Morgan fingerprint density at radius 2 is 1.93 bits per heavy atom. The lowest BCUT2D eigenvalue weighted by molar-refractivity contribution is -0.132. The molecule has 0 aliphatic carbocycles. The van der Waals surface area contributed by atoms with Crippen molar-refractivity contribution in [2.24, 2.45) is 0 Å². The fraction of sp³-hybridized carbons (Fsp3) is 0.917. The zero-order valence-electron chi connectivity index (χ0n) is 9.67. The van der Waals surface area contributed by atoms with E-state index in [1.54, 1.807) is 0 Å². The molecule has 0 atom stereocenters. The molecule has 1 amide bonds. The normalized spacial score (nSPS) is 18.1. The quantitative estimate of drug-likeness (QED) is 0.526. The van der Waals surface area contributed by atoms with Crippen LogP contribution in [-0.2, 0) is 4.79 Å². The second kappa shape index (κ2) is 7.10. The molecule has 1 rings (SSSR count). The number of carbonyl (C=O) groups excluding carboxylic acids is 1. The van der Waals surface area contributed by atoms with Crippen molar-refractivity contribution in [1.82, 2.24) is 4.90 Å². The number of hydrogen-bond acceptors (Lipinski definition) is 1. The maximum absolute atomic E-state index is 11.8. The first-order chi connectivity index (χ1) is 7.24. The molecule has 1 aliphatic rings. The topological polar surface area (TPSA) is 20.3 Å². The van der Waals surface area contributed by atoms with Gasteiger partial charge < -0.3 is 4.90 Å². The van der Waals surface area contributed by atoms with Crippen LogP contribution in [0.2, 0.25) is 0 Å². The van der Waals surface area contributed by atoms with Crippen LogP contribution < -0.4 is 0 Å². The summed E-state index contributed by atoms with van der Waals surface area (Å²) in [4.78, 5) is 13.7. The Labute approximate surface area is 98.0 Å². The first-order valence-electron chi connectivity index (χ1n) is 6.16. The molecule has 0 spiro atoms. The van der Waals surface area contributed by atoms with Gasteiger partial charge in [-0.15, -0.1) is 11.6 Å². The average Bonchev–Trinajstić information content (AvgIpc) is 2.25. The van der Waals surface area contributed by atoms with Crippen molar-refractivity contribution in [2.45, 2.75) is 57.2 Å². The molecular formula is C12H22ClNO. The molecule has 0 saturated carbocycles. The standard InChI is InChI=1S/C12H22ClNO/c1-2-3-4-5-6-12(15)14-9-7-11(13)8-10-14/h11H,2-10H2,1H3. The first kappa shape index (κ1) is 12.8. The Morgan fingerprint density at radius 3 is 2.53 bits per heavy atom. The van der Waals surface area contributed by atoms with Crippen molar-refractivity contribution in [3.63, 3.8) is 0 Å². The summed E-state index contributed by atoms with van der Waals surface area (Å²) in [6, 6.07) is 0. The third kappa shape index (κ3) is 4.87. The fourth-order valence-corrected chi connectivity index (χ4v) is 2.15. The summed E-state index contributed by atoms with van der Waals surface area (Å²) in [6.07, 6.45) is 7.36. The van der Waals surface area contributed by atoms with E-state index < -0.39 is 0 Å². The fourth-order valence-electron chi connectivity index (χ4n) is 1.96. The van der Waals surface area contributed by atoms with Gasteiger partial charge >= 0.3 is 0 Å². The van der Waals surface area contributed by atoms with Gasteiger partial charge in [0.1, 0.15) is 0 Å². The maximum atomic E-state index is 11.8. The summed E-state index contributed by atoms with van der Waals surface area (Å²) in [5.74, 6) is 0.328. The molecular weight excluding hydrogens is 210 g/mol. The maximum Gasteiger partial charge on any atom is 0.222 e. The number of nitrogens with zero attached hydrogens (tertiary/aromatic N) is 1. The van der Waals surface area contributed by atoms with Gasteiger partial charge in [-0.3, -0.25) is 4.79 Å². The van der Waals surface area contributed by atoms with E-state index in [1.807, 2.05) is 4.90 Å². The van der Waals surface area contributed by atoms with Crippen molar-refractivity contribution in [3.05, 3.63) is 0 Å². The Hall–Kier alpha value is -0.240. The van der Waals surface area contributed by atoms with Crippen LogP contribution in [-0.4, -0.2) is 29.3 Å². The largest absolute Gasteiger partial charge is 0.343 e. The molecule has 1 aliphatic heterocycles.